The Kier molecular flexibility index (Phi) is 131. The van der Waals surface area contributed by atoms with Gasteiger partial charge in [-0.1, -0.05) is 13.5 Å². The molecule has 0 unspecified atom stereocenters. The summed E-state index contributed by atoms with van der Waals surface area (Å²) in [6, 6.07) is 0. The van der Waals surface area contributed by atoms with Gasteiger partial charge in [-0.05, 0) is 13.8 Å². The van der Waals surface area contributed by atoms with Gasteiger partial charge in [-0.15, -0.1) is 13.2 Å². The van der Waals surface area contributed by atoms with Gasteiger partial charge in [-0.2, -0.15) is 0 Å². The number of ether oxygens (including phenoxy) is 1. The number of aliphatic hydroxyl groups excluding tert-OH is 1. The molecule has 0 saturated heterocycles. The molecule has 7 nitrogen and oxygen atoms in total. The molecule has 0 spiro atoms. The molecule has 21 heavy (non-hydrogen) atoms. The van der Waals surface area contributed by atoms with E-state index >= 15 is 0 Å². The molecule has 0 heterocycles. The van der Waals surface area contributed by atoms with E-state index in [9.17, 15) is 9.59 Å². The van der Waals surface area contributed by atoms with E-state index in [0.717, 1.165) is 7.11 Å². The quantitative estimate of drug-likeness (QED) is 0.268. The number of hydrogen-bond donors (Lipinski definition) is 1. The number of methoxy groups -OCH3 is 1. The molecule has 126 valence electrons. The van der Waals surface area contributed by atoms with Crippen LogP contribution in [0.5, 0.6) is 0 Å². The van der Waals surface area contributed by atoms with Crippen molar-refractivity contribution in [2.24, 2.45) is 0 Å². The van der Waals surface area contributed by atoms with Gasteiger partial charge in [0.1, 0.15) is 12.6 Å². The number of aliphatic hydroxyl groups is 1. The average molecular weight is 308 g/mol. The third-order valence-corrected chi connectivity index (χ3v) is 1.03. The maximum atomic E-state index is 10.2. The third kappa shape index (κ3) is 129. The fraction of sp³-hybridized carbons (Fsp3) is 0.429. The second-order valence-electron chi connectivity index (χ2n) is 2.33. The molecule has 0 saturated carbocycles. The summed E-state index contributed by atoms with van der Waals surface area (Å²) in [7, 11) is 2.33. The van der Waals surface area contributed by atoms with Crippen molar-refractivity contribution in [3.05, 3.63) is 32.0 Å². The van der Waals surface area contributed by atoms with Crippen LogP contribution in [0.2, 0.25) is 0 Å². The van der Waals surface area contributed by atoms with E-state index in [1.54, 1.807) is 13.8 Å². The van der Waals surface area contributed by atoms with Gasteiger partial charge in [0.2, 0.25) is 0 Å². The van der Waals surface area contributed by atoms with Crippen molar-refractivity contribution in [1.29, 1.82) is 0 Å². The van der Waals surface area contributed by atoms with Crippen molar-refractivity contribution in [3.8, 4) is 0 Å². The van der Waals surface area contributed by atoms with Crippen LogP contribution < -0.4 is 0 Å². The Bertz CT molecular complexity index is 233. The molecule has 0 rings (SSSR count). The van der Waals surface area contributed by atoms with E-state index in [1.165, 1.54) is 7.11 Å². The van der Waals surface area contributed by atoms with Crippen LogP contribution in [0.25, 0.3) is 0 Å². The van der Waals surface area contributed by atoms with Crippen LogP contribution >= 0.6 is 0 Å². The molecule has 0 aromatic rings. The van der Waals surface area contributed by atoms with Crippen LogP contribution in [0, 0.1) is 6.65 Å². The van der Waals surface area contributed by atoms with E-state index in [-0.39, 0.29) is 17.2 Å². The molecule has 0 amide bonds. The van der Waals surface area contributed by atoms with Crippen molar-refractivity contribution in [3.63, 3.8) is 0 Å². The van der Waals surface area contributed by atoms with Gasteiger partial charge in [0.25, 0.3) is 0 Å². The first-order chi connectivity index (χ1) is 9.45. The minimum atomic E-state index is -0.347. The maximum absolute atomic E-state index is 10.2. The van der Waals surface area contributed by atoms with Gasteiger partial charge in [0, 0.05) is 19.1 Å². The summed E-state index contributed by atoms with van der Waals surface area (Å²) in [5.74, 6) is -0.0926. The van der Waals surface area contributed by atoms with Crippen LogP contribution in [-0.4, -0.2) is 43.3 Å². The Morgan fingerprint density at radius 3 is 1.33 bits per heavy atom. The van der Waals surface area contributed by atoms with E-state index < -0.39 is 0 Å². The van der Waals surface area contributed by atoms with Crippen molar-refractivity contribution in [2.75, 3.05) is 14.2 Å². The van der Waals surface area contributed by atoms with E-state index in [1.807, 2.05) is 13.7 Å². The molecule has 7 heteroatoms. The van der Waals surface area contributed by atoms with Gasteiger partial charge in [-0.3, -0.25) is 0 Å². The minimum absolute atomic E-state index is 0. The normalized spacial score (nSPS) is 5.14. The Labute approximate surface area is 127 Å². The number of carbonyl (C=O) groups is 3. The molecule has 3 N–H and O–H groups in total. The second kappa shape index (κ2) is 64.4. The second-order valence-corrected chi connectivity index (χ2v) is 2.33. The SMILES string of the molecule is C=C.C=C(C)C(=O)OC.C=O.CCC(C)=O.CO.O.[C-]#[O+]. The van der Waals surface area contributed by atoms with Gasteiger partial charge in [0.15, 0.2) is 0 Å². The van der Waals surface area contributed by atoms with E-state index in [0.29, 0.717) is 12.0 Å². The van der Waals surface area contributed by atoms with Crippen molar-refractivity contribution in [1.82, 2.24) is 0 Å². The fourth-order valence-corrected chi connectivity index (χ4v) is 0.174. The van der Waals surface area contributed by atoms with Gasteiger partial charge in [0.05, 0.1) is 7.11 Å². The molecular formula is C14H28O7. The van der Waals surface area contributed by atoms with E-state index in [2.05, 4.69) is 31.1 Å². The van der Waals surface area contributed by atoms with Gasteiger partial charge < -0.3 is 24.9 Å². The predicted molar refractivity (Wildman–Crippen MR) is 81.9 cm³/mol. The summed E-state index contributed by atoms with van der Waals surface area (Å²) in [5, 5.41) is 7.00. The van der Waals surface area contributed by atoms with E-state index in [4.69, 9.17) is 14.6 Å². The summed E-state index contributed by atoms with van der Waals surface area (Å²) < 4.78 is 11.8. The number of Topliss-reactive ketones (excluding diaryl/α,β-unsaturated/α-hetero) is 1. The Balaban J connectivity index is -0.0000000249. The summed E-state index contributed by atoms with van der Waals surface area (Å²) in [5.41, 5.74) is 0.433. The van der Waals surface area contributed by atoms with Crippen molar-refractivity contribution in [2.45, 2.75) is 27.2 Å². The number of esters is 1. The molecule has 0 aromatic carbocycles. The summed E-state index contributed by atoms with van der Waals surface area (Å²) in [6.07, 6.45) is 0.667. The Morgan fingerprint density at radius 2 is 1.33 bits per heavy atom. The topological polar surface area (TPSA) is 132 Å². The monoisotopic (exact) mass is 308 g/mol. The fourth-order valence-electron chi connectivity index (χ4n) is 0.174. The third-order valence-electron chi connectivity index (χ3n) is 1.03. The first-order valence-corrected chi connectivity index (χ1v) is 5.12. The first kappa shape index (κ1) is 42.8. The van der Waals surface area contributed by atoms with Crippen molar-refractivity contribution >= 4 is 18.5 Å². The molecule has 0 aliphatic heterocycles. The molecular weight excluding hydrogens is 280 g/mol. The molecule has 0 fully saturated rings. The summed E-state index contributed by atoms with van der Waals surface area (Å²) in [4.78, 5) is 28.0. The predicted octanol–water partition coefficient (Wildman–Crippen LogP) is 1.08. The number of hydrogen-bond acceptors (Lipinski definition) is 5. The zero-order valence-corrected chi connectivity index (χ0v) is 13.5. The van der Waals surface area contributed by atoms with Gasteiger partial charge >= 0.3 is 17.3 Å². The van der Waals surface area contributed by atoms with Gasteiger partial charge in [-0.25, -0.2) is 4.79 Å². The Morgan fingerprint density at radius 1 is 1.14 bits per heavy atom. The zero-order chi connectivity index (χ0) is 18.1. The molecule has 0 bridgehead atoms. The zero-order valence-electron chi connectivity index (χ0n) is 13.5. The van der Waals surface area contributed by atoms with Crippen molar-refractivity contribution < 1.29 is 34.4 Å². The van der Waals surface area contributed by atoms with Crippen LogP contribution in [0.4, 0.5) is 0 Å². The van der Waals surface area contributed by atoms with Crippen LogP contribution in [0.15, 0.2) is 25.3 Å². The average Bonchev–Trinajstić information content (AvgIpc) is 2.54. The van der Waals surface area contributed by atoms with Crippen LogP contribution in [-0.2, 0) is 23.8 Å². The standard InChI is InChI=1S/C5H8O2.C4H8O.C2H4.CH4O.CH2O.CO.H2O/c1-4(2)5(6)7-3;1-3-4(2)5;4*1-2;/h1H2,2-3H3;3H2,1-2H3;1-2H2;2H,1H3;1H2;;1H2. The first-order valence-electron chi connectivity index (χ1n) is 5.12. The van der Waals surface area contributed by atoms with Crippen LogP contribution in [0.1, 0.15) is 27.2 Å². The molecule has 0 aliphatic carbocycles. The number of rotatable bonds is 2. The van der Waals surface area contributed by atoms with Crippen LogP contribution in [0.3, 0.4) is 0 Å². The summed E-state index contributed by atoms with van der Waals surface area (Å²) in [6.45, 7) is 20.9. The Hall–Kier alpha value is -2.05. The molecule has 0 aliphatic rings. The molecule has 0 aromatic heterocycles. The molecule has 0 atom stereocenters. The number of ketones is 1. The number of carbonyl (C=O) groups excluding carboxylic acids is 3. The summed E-state index contributed by atoms with van der Waals surface area (Å²) >= 11 is 0. The molecule has 0 radical (unpaired) electrons.